The van der Waals surface area contributed by atoms with Gasteiger partial charge in [0.1, 0.15) is 5.82 Å². The highest BCUT2D eigenvalue weighted by atomic mass is 35.5. The highest BCUT2D eigenvalue weighted by Gasteiger charge is 2.33. The Labute approximate surface area is 149 Å². The lowest BCUT2D eigenvalue weighted by Crippen LogP contribution is -2.24. The van der Waals surface area contributed by atoms with E-state index in [1.165, 1.54) is 5.56 Å². The van der Waals surface area contributed by atoms with E-state index in [1.807, 2.05) is 42.1 Å². The Hall–Kier alpha value is -2.11. The number of aryl methyl sites for hydroxylation is 1. The summed E-state index contributed by atoms with van der Waals surface area (Å²) in [5.74, 6) is 0.818. The average Bonchev–Trinajstić information content (AvgIpc) is 3.18. The van der Waals surface area contributed by atoms with Gasteiger partial charge in [0, 0.05) is 22.9 Å². The molecule has 2 aromatic heterocycles. The van der Waals surface area contributed by atoms with E-state index in [2.05, 4.69) is 16.8 Å². The number of benzene rings is 1. The van der Waals surface area contributed by atoms with Crippen molar-refractivity contribution in [2.45, 2.75) is 26.2 Å². The molecular formula is C18H16ClN3OS. The molecule has 3 heterocycles. The second kappa shape index (κ2) is 5.76. The van der Waals surface area contributed by atoms with E-state index < -0.39 is 0 Å². The van der Waals surface area contributed by atoms with Crippen LogP contribution in [0.1, 0.15) is 34.7 Å². The van der Waals surface area contributed by atoms with Gasteiger partial charge in [0.25, 0.3) is 0 Å². The Bertz CT molecular complexity index is 930. The van der Waals surface area contributed by atoms with Gasteiger partial charge in [0.2, 0.25) is 5.91 Å². The number of amides is 1. The molecule has 4 rings (SSSR count). The number of hydrogen-bond donors (Lipinski definition) is 1. The van der Waals surface area contributed by atoms with E-state index in [0.29, 0.717) is 11.4 Å². The molecule has 3 aromatic rings. The van der Waals surface area contributed by atoms with Crippen molar-refractivity contribution in [3.8, 4) is 5.69 Å². The fourth-order valence-electron chi connectivity index (χ4n) is 3.30. The minimum atomic E-state index is 0.0135. The molecule has 1 amide bonds. The normalized spacial score (nSPS) is 16.8. The summed E-state index contributed by atoms with van der Waals surface area (Å²) in [4.78, 5) is 12.3. The van der Waals surface area contributed by atoms with Crippen molar-refractivity contribution < 1.29 is 4.79 Å². The lowest BCUT2D eigenvalue weighted by molar-refractivity contribution is -0.116. The van der Waals surface area contributed by atoms with Gasteiger partial charge in [0.05, 0.1) is 11.4 Å². The number of carbonyl (C=O) groups excluding carboxylic acids is 1. The Balaban J connectivity index is 1.93. The van der Waals surface area contributed by atoms with Crippen molar-refractivity contribution in [3.63, 3.8) is 0 Å². The van der Waals surface area contributed by atoms with Gasteiger partial charge >= 0.3 is 0 Å². The molecule has 1 aliphatic rings. The SMILES string of the molecule is Cc1nn(-c2cccc(Cl)c2C)c2c1[C@H](c1ccsc1)CC(=O)N2. The monoisotopic (exact) mass is 357 g/mol. The number of anilines is 1. The molecule has 6 heteroatoms. The van der Waals surface area contributed by atoms with Gasteiger partial charge in [-0.2, -0.15) is 16.4 Å². The van der Waals surface area contributed by atoms with E-state index in [9.17, 15) is 4.79 Å². The van der Waals surface area contributed by atoms with Gasteiger partial charge in [-0.05, 0) is 53.9 Å². The number of thiophene rings is 1. The van der Waals surface area contributed by atoms with Gasteiger partial charge in [-0.15, -0.1) is 0 Å². The van der Waals surface area contributed by atoms with Crippen LogP contribution in [0.15, 0.2) is 35.0 Å². The second-order valence-electron chi connectivity index (χ2n) is 6.01. The summed E-state index contributed by atoms with van der Waals surface area (Å²) in [6.45, 7) is 3.95. The average molecular weight is 358 g/mol. The highest BCUT2D eigenvalue weighted by Crippen LogP contribution is 2.41. The van der Waals surface area contributed by atoms with Crippen molar-refractivity contribution >= 4 is 34.7 Å². The molecule has 24 heavy (non-hydrogen) atoms. The zero-order chi connectivity index (χ0) is 16.8. The second-order valence-corrected chi connectivity index (χ2v) is 7.19. The van der Waals surface area contributed by atoms with Crippen molar-refractivity contribution in [2.24, 2.45) is 0 Å². The van der Waals surface area contributed by atoms with Crippen LogP contribution < -0.4 is 5.32 Å². The van der Waals surface area contributed by atoms with Crippen molar-refractivity contribution in [3.05, 3.63) is 62.4 Å². The van der Waals surface area contributed by atoms with Crippen molar-refractivity contribution in [1.29, 1.82) is 0 Å². The summed E-state index contributed by atoms with van der Waals surface area (Å²) in [6, 6.07) is 7.80. The van der Waals surface area contributed by atoms with E-state index in [1.54, 1.807) is 11.3 Å². The number of carbonyl (C=O) groups is 1. The maximum atomic E-state index is 12.3. The van der Waals surface area contributed by atoms with E-state index >= 15 is 0 Å². The van der Waals surface area contributed by atoms with Crippen LogP contribution in [0, 0.1) is 13.8 Å². The van der Waals surface area contributed by atoms with Crippen LogP contribution in [-0.2, 0) is 4.79 Å². The predicted molar refractivity (Wildman–Crippen MR) is 97.5 cm³/mol. The molecule has 0 fully saturated rings. The number of hydrogen-bond acceptors (Lipinski definition) is 3. The third-order valence-corrected chi connectivity index (χ3v) is 5.63. The summed E-state index contributed by atoms with van der Waals surface area (Å²) < 4.78 is 1.81. The first kappa shape index (κ1) is 15.4. The quantitative estimate of drug-likeness (QED) is 0.724. The Morgan fingerprint density at radius 3 is 2.92 bits per heavy atom. The standard InChI is InChI=1S/C18H16ClN3OS/c1-10-14(19)4-3-5-15(10)22-18-17(11(2)21-22)13(8-16(23)20-18)12-6-7-24-9-12/h3-7,9,13H,8H2,1-2H3,(H,20,23)/t13-/m0/s1. The maximum Gasteiger partial charge on any atom is 0.226 e. The molecule has 1 aromatic carbocycles. The van der Waals surface area contributed by atoms with Crippen LogP contribution in [0.4, 0.5) is 5.82 Å². The van der Waals surface area contributed by atoms with Crippen LogP contribution in [0.25, 0.3) is 5.69 Å². The number of aromatic nitrogens is 2. The fourth-order valence-corrected chi connectivity index (χ4v) is 4.19. The summed E-state index contributed by atoms with van der Waals surface area (Å²) >= 11 is 7.91. The van der Waals surface area contributed by atoms with Gasteiger partial charge in [-0.3, -0.25) is 4.79 Å². The molecule has 1 atom stereocenters. The third kappa shape index (κ3) is 2.36. The molecule has 0 saturated heterocycles. The molecule has 0 radical (unpaired) electrons. The molecular weight excluding hydrogens is 342 g/mol. The van der Waals surface area contributed by atoms with Crippen LogP contribution in [-0.4, -0.2) is 15.7 Å². The largest absolute Gasteiger partial charge is 0.310 e. The number of halogens is 1. The van der Waals surface area contributed by atoms with E-state index in [4.69, 9.17) is 16.7 Å². The zero-order valence-corrected chi connectivity index (χ0v) is 14.9. The Morgan fingerprint density at radius 1 is 1.33 bits per heavy atom. The smallest absolute Gasteiger partial charge is 0.226 e. The number of nitrogens with zero attached hydrogens (tertiary/aromatic N) is 2. The first-order chi connectivity index (χ1) is 11.6. The maximum absolute atomic E-state index is 12.3. The zero-order valence-electron chi connectivity index (χ0n) is 13.3. The molecule has 0 aliphatic carbocycles. The lowest BCUT2D eigenvalue weighted by atomic mass is 9.87. The van der Waals surface area contributed by atoms with Crippen molar-refractivity contribution in [1.82, 2.24) is 9.78 Å². The number of rotatable bonds is 2. The molecule has 1 N–H and O–H groups in total. The molecule has 122 valence electrons. The van der Waals surface area contributed by atoms with Gasteiger partial charge in [-0.25, -0.2) is 4.68 Å². The Kier molecular flexibility index (Phi) is 3.70. The molecule has 0 spiro atoms. The first-order valence-corrected chi connectivity index (χ1v) is 9.05. The molecule has 4 nitrogen and oxygen atoms in total. The van der Waals surface area contributed by atoms with E-state index in [-0.39, 0.29) is 11.8 Å². The molecule has 0 saturated carbocycles. The summed E-state index contributed by atoms with van der Waals surface area (Å²) in [6.07, 6.45) is 0.449. The summed E-state index contributed by atoms with van der Waals surface area (Å²) in [5, 5.41) is 12.5. The van der Waals surface area contributed by atoms with Gasteiger partial charge in [-0.1, -0.05) is 17.7 Å². The first-order valence-electron chi connectivity index (χ1n) is 7.73. The predicted octanol–water partition coefficient (Wildman–Crippen LogP) is 4.68. The van der Waals surface area contributed by atoms with E-state index in [0.717, 1.165) is 28.3 Å². The number of nitrogens with one attached hydrogen (secondary N) is 1. The summed E-state index contributed by atoms with van der Waals surface area (Å²) in [5.41, 5.74) is 5.02. The highest BCUT2D eigenvalue weighted by molar-refractivity contribution is 7.08. The lowest BCUT2D eigenvalue weighted by Gasteiger charge is -2.23. The van der Waals surface area contributed by atoms with Crippen LogP contribution in [0.5, 0.6) is 0 Å². The van der Waals surface area contributed by atoms with Gasteiger partial charge < -0.3 is 5.32 Å². The molecule has 0 unspecified atom stereocenters. The van der Waals surface area contributed by atoms with Crippen LogP contribution in [0.2, 0.25) is 5.02 Å². The third-order valence-electron chi connectivity index (χ3n) is 4.52. The van der Waals surface area contributed by atoms with Crippen LogP contribution in [0.3, 0.4) is 0 Å². The topological polar surface area (TPSA) is 46.9 Å². The summed E-state index contributed by atoms with van der Waals surface area (Å²) in [7, 11) is 0. The molecule has 1 aliphatic heterocycles. The molecule has 0 bridgehead atoms. The van der Waals surface area contributed by atoms with Crippen LogP contribution >= 0.6 is 22.9 Å². The van der Waals surface area contributed by atoms with Crippen molar-refractivity contribution in [2.75, 3.05) is 5.32 Å². The Morgan fingerprint density at radius 2 is 2.17 bits per heavy atom. The minimum absolute atomic E-state index is 0.0135. The van der Waals surface area contributed by atoms with Gasteiger partial charge in [0.15, 0.2) is 0 Å². The minimum Gasteiger partial charge on any atom is -0.310 e. The fraction of sp³-hybridized carbons (Fsp3) is 0.222. The number of fused-ring (bicyclic) bond motifs is 1.